The lowest BCUT2D eigenvalue weighted by Gasteiger charge is -2.17. The van der Waals surface area contributed by atoms with Gasteiger partial charge in [-0.3, -0.25) is 9.79 Å². The Bertz CT molecular complexity index is 1170. The number of rotatable bonds is 7. The molecule has 4 rings (SSSR count). The minimum Gasteiger partial charge on any atom is -0.478 e. The molecule has 0 saturated heterocycles. The molecule has 1 aliphatic heterocycles. The Morgan fingerprint density at radius 1 is 1.00 bits per heavy atom. The van der Waals surface area contributed by atoms with Crippen LogP contribution in [0.1, 0.15) is 38.3 Å². The van der Waals surface area contributed by atoms with Crippen LogP contribution in [0.5, 0.6) is 0 Å². The third-order valence-corrected chi connectivity index (χ3v) is 6.37. The van der Waals surface area contributed by atoms with Crippen LogP contribution in [-0.4, -0.2) is 44.4 Å². The molecule has 32 heavy (non-hydrogen) atoms. The van der Waals surface area contributed by atoms with Crippen molar-refractivity contribution in [3.05, 3.63) is 89.0 Å². The highest BCUT2D eigenvalue weighted by atomic mass is 32.2. The molecule has 0 aromatic heterocycles. The van der Waals surface area contributed by atoms with E-state index in [4.69, 9.17) is 10.2 Å². The van der Waals surface area contributed by atoms with E-state index in [2.05, 4.69) is 16.4 Å². The van der Waals surface area contributed by atoms with Gasteiger partial charge in [-0.15, -0.1) is 11.8 Å². The number of carbonyl (C=O) groups is 3. The van der Waals surface area contributed by atoms with E-state index in [1.165, 1.54) is 6.07 Å². The van der Waals surface area contributed by atoms with Crippen LogP contribution < -0.4 is 5.32 Å². The average Bonchev–Trinajstić information content (AvgIpc) is 3.19. The van der Waals surface area contributed by atoms with E-state index in [9.17, 15) is 14.4 Å². The fourth-order valence-corrected chi connectivity index (χ4v) is 4.73. The van der Waals surface area contributed by atoms with E-state index in [1.54, 1.807) is 54.2 Å². The van der Waals surface area contributed by atoms with Crippen molar-refractivity contribution in [1.29, 1.82) is 0 Å². The van der Waals surface area contributed by atoms with Crippen LogP contribution in [0.4, 0.5) is 0 Å². The first-order chi connectivity index (χ1) is 15.4. The second kappa shape index (κ2) is 9.23. The molecule has 8 heteroatoms. The molecule has 2 aromatic carbocycles. The molecule has 0 fully saturated rings. The first kappa shape index (κ1) is 21.6. The molecule has 7 nitrogen and oxygen atoms in total. The van der Waals surface area contributed by atoms with Crippen LogP contribution >= 0.6 is 11.8 Å². The fourth-order valence-electron chi connectivity index (χ4n) is 3.52. The predicted molar refractivity (Wildman–Crippen MR) is 123 cm³/mol. The minimum atomic E-state index is -1.00. The van der Waals surface area contributed by atoms with Crippen LogP contribution in [0.25, 0.3) is 5.57 Å². The molecule has 2 unspecified atom stereocenters. The largest absolute Gasteiger partial charge is 0.478 e. The highest BCUT2D eigenvalue weighted by Gasteiger charge is 2.30. The van der Waals surface area contributed by atoms with Crippen molar-refractivity contribution < 1.29 is 24.6 Å². The number of thioether (sulfide) groups is 1. The molecule has 1 amide bonds. The quantitative estimate of drug-likeness (QED) is 0.596. The number of aromatic carboxylic acids is 2. The summed E-state index contributed by atoms with van der Waals surface area (Å²) in [7, 11) is 0. The van der Waals surface area contributed by atoms with Crippen LogP contribution in [0, 0.1) is 0 Å². The first-order valence-electron chi connectivity index (χ1n) is 9.95. The summed E-state index contributed by atoms with van der Waals surface area (Å²) in [6, 6.07) is 13.2. The summed E-state index contributed by atoms with van der Waals surface area (Å²) in [5.41, 5.74) is 3.07. The minimum absolute atomic E-state index is 0.0305. The highest BCUT2D eigenvalue weighted by molar-refractivity contribution is 8.15. The smallest absolute Gasteiger partial charge is 0.335 e. The zero-order valence-electron chi connectivity index (χ0n) is 16.9. The summed E-state index contributed by atoms with van der Waals surface area (Å²) in [5, 5.41) is 21.8. The van der Waals surface area contributed by atoms with Gasteiger partial charge in [0.15, 0.2) is 0 Å². The Morgan fingerprint density at radius 2 is 1.75 bits per heavy atom. The molecule has 0 spiro atoms. The lowest BCUT2D eigenvalue weighted by molar-refractivity contribution is -0.120. The maximum atomic E-state index is 12.4. The van der Waals surface area contributed by atoms with E-state index in [1.807, 2.05) is 12.2 Å². The normalized spacial score (nSPS) is 19.0. The second-order valence-electron chi connectivity index (χ2n) is 7.42. The van der Waals surface area contributed by atoms with Crippen LogP contribution in [0.3, 0.4) is 0 Å². The third-order valence-electron chi connectivity index (χ3n) is 5.16. The van der Waals surface area contributed by atoms with Crippen LogP contribution in [0.2, 0.25) is 0 Å². The van der Waals surface area contributed by atoms with E-state index in [0.29, 0.717) is 0 Å². The van der Waals surface area contributed by atoms with Gasteiger partial charge in [0.1, 0.15) is 0 Å². The monoisotopic (exact) mass is 448 g/mol. The molecular formula is C24H20N2O5S. The Labute approximate surface area is 188 Å². The summed E-state index contributed by atoms with van der Waals surface area (Å²) < 4.78 is 0. The standard InChI is InChI=1S/C24H20N2O5S/c27-21(25-13-14-2-1-3-18(10-14)24(30)31)12-22-26-19-9-8-17(11-20(19)32-22)15-4-6-16(7-5-15)23(28)29/h1-11,19-20H,12-13H2,(H,25,27)(H,28,29)(H,30,31). The van der Waals surface area contributed by atoms with Crippen LogP contribution in [0.15, 0.2) is 71.8 Å². The van der Waals surface area contributed by atoms with E-state index < -0.39 is 11.9 Å². The van der Waals surface area contributed by atoms with Gasteiger partial charge in [-0.1, -0.05) is 42.5 Å². The topological polar surface area (TPSA) is 116 Å². The van der Waals surface area contributed by atoms with E-state index >= 15 is 0 Å². The molecule has 162 valence electrons. The number of carboxylic acid groups (broad SMARTS) is 2. The zero-order chi connectivity index (χ0) is 22.7. The molecule has 3 N–H and O–H groups in total. The Morgan fingerprint density at radius 3 is 2.47 bits per heavy atom. The summed E-state index contributed by atoms with van der Waals surface area (Å²) in [6.45, 7) is 0.251. The van der Waals surface area contributed by atoms with Gasteiger partial charge < -0.3 is 15.5 Å². The maximum Gasteiger partial charge on any atom is 0.335 e. The number of benzene rings is 2. The highest BCUT2D eigenvalue weighted by Crippen LogP contribution is 2.36. The fraction of sp³-hybridized carbons (Fsp3) is 0.167. The number of allylic oxidation sites excluding steroid dienone is 2. The van der Waals surface area contributed by atoms with Gasteiger partial charge in [0.25, 0.3) is 0 Å². The number of fused-ring (bicyclic) bond motifs is 1. The Balaban J connectivity index is 1.33. The van der Waals surface area contributed by atoms with Gasteiger partial charge in [-0.2, -0.15) is 0 Å². The average molecular weight is 449 g/mol. The number of hydrogen-bond acceptors (Lipinski definition) is 5. The van der Waals surface area contributed by atoms with Crippen molar-refractivity contribution in [2.75, 3.05) is 0 Å². The predicted octanol–water partition coefficient (Wildman–Crippen LogP) is 3.63. The molecule has 1 heterocycles. The molecule has 2 aliphatic rings. The summed E-state index contributed by atoms with van der Waals surface area (Å²) in [6.07, 6.45) is 6.23. The molecule has 1 aliphatic carbocycles. The second-order valence-corrected chi connectivity index (χ2v) is 8.67. The maximum absolute atomic E-state index is 12.4. The van der Waals surface area contributed by atoms with Gasteiger partial charge >= 0.3 is 11.9 Å². The summed E-state index contributed by atoms with van der Waals surface area (Å²) in [5.74, 6) is -2.13. The number of aliphatic imine (C=N–C) groups is 1. The van der Waals surface area contributed by atoms with Gasteiger partial charge in [-0.05, 0) is 41.0 Å². The SMILES string of the molecule is O=C(CC1=NC2C=CC(c3ccc(C(=O)O)cc3)=CC2S1)NCc1cccc(C(=O)O)c1. The van der Waals surface area contributed by atoms with Crippen LogP contribution in [-0.2, 0) is 11.3 Å². The number of hydrogen-bond donors (Lipinski definition) is 3. The van der Waals surface area contributed by atoms with Crippen molar-refractivity contribution in [2.45, 2.75) is 24.3 Å². The van der Waals surface area contributed by atoms with Gasteiger partial charge in [-0.25, -0.2) is 9.59 Å². The zero-order valence-corrected chi connectivity index (χ0v) is 17.7. The lowest BCUT2D eigenvalue weighted by atomic mass is 9.96. The number of nitrogens with zero attached hydrogens (tertiary/aromatic N) is 1. The third kappa shape index (κ3) is 4.97. The Kier molecular flexibility index (Phi) is 6.23. The number of carbonyl (C=O) groups excluding carboxylic acids is 1. The molecule has 0 saturated carbocycles. The van der Waals surface area contributed by atoms with Crippen molar-refractivity contribution in [1.82, 2.24) is 5.32 Å². The summed E-state index contributed by atoms with van der Waals surface area (Å²) >= 11 is 1.55. The molecule has 2 aromatic rings. The molecule has 0 bridgehead atoms. The molecular weight excluding hydrogens is 428 g/mol. The first-order valence-corrected chi connectivity index (χ1v) is 10.8. The number of nitrogens with one attached hydrogen (secondary N) is 1. The van der Waals surface area contributed by atoms with E-state index in [0.717, 1.165) is 21.7 Å². The van der Waals surface area contributed by atoms with Gasteiger partial charge in [0, 0.05) is 6.54 Å². The molecule has 2 atom stereocenters. The van der Waals surface area contributed by atoms with Crippen molar-refractivity contribution in [2.24, 2.45) is 4.99 Å². The van der Waals surface area contributed by atoms with Crippen molar-refractivity contribution in [3.63, 3.8) is 0 Å². The lowest BCUT2D eigenvalue weighted by Crippen LogP contribution is -2.24. The van der Waals surface area contributed by atoms with Gasteiger partial charge in [0.05, 0.1) is 33.9 Å². The Hall–Kier alpha value is -3.65. The number of carboxylic acids is 2. The number of amides is 1. The molecule has 0 radical (unpaired) electrons. The van der Waals surface area contributed by atoms with Crippen molar-refractivity contribution in [3.8, 4) is 0 Å². The van der Waals surface area contributed by atoms with E-state index in [-0.39, 0.29) is 41.3 Å². The summed E-state index contributed by atoms with van der Waals surface area (Å²) in [4.78, 5) is 39.1. The van der Waals surface area contributed by atoms with Gasteiger partial charge in [0.2, 0.25) is 5.91 Å². The van der Waals surface area contributed by atoms with Crippen molar-refractivity contribution >= 4 is 40.2 Å².